The first-order valence-corrected chi connectivity index (χ1v) is 11.2. The number of benzene rings is 3. The number of halogens is 1. The smallest absolute Gasteiger partial charge is 0.303 e. The molecule has 8 heteroatoms. The molecule has 0 heterocycles. The number of aliphatic carboxylic acids is 1. The van der Waals surface area contributed by atoms with Crippen molar-refractivity contribution in [2.24, 2.45) is 0 Å². The Kier molecular flexibility index (Phi) is 7.33. The summed E-state index contributed by atoms with van der Waals surface area (Å²) in [5.74, 6) is 0.256. The first-order valence-electron chi connectivity index (χ1n) is 9.37. The molecule has 0 aliphatic heterocycles. The van der Waals surface area contributed by atoms with Gasteiger partial charge in [-0.25, -0.2) is 8.42 Å². The molecule has 0 bridgehead atoms. The molecule has 0 atom stereocenters. The lowest BCUT2D eigenvalue weighted by Crippen LogP contribution is -2.13. The third-order valence-electron chi connectivity index (χ3n) is 4.19. The summed E-state index contributed by atoms with van der Waals surface area (Å²) in [6.45, 7) is 0. The quantitative estimate of drug-likeness (QED) is 0.423. The minimum Gasteiger partial charge on any atom is -0.481 e. The summed E-state index contributed by atoms with van der Waals surface area (Å²) in [4.78, 5) is 10.7. The first kappa shape index (κ1) is 22.4. The largest absolute Gasteiger partial charge is 0.481 e. The van der Waals surface area contributed by atoms with Gasteiger partial charge in [0.2, 0.25) is 0 Å². The third kappa shape index (κ3) is 6.60. The fourth-order valence-electron chi connectivity index (χ4n) is 2.70. The van der Waals surface area contributed by atoms with E-state index in [9.17, 15) is 13.2 Å². The molecule has 0 aromatic heterocycles. The van der Waals surface area contributed by atoms with E-state index in [2.05, 4.69) is 4.72 Å². The Morgan fingerprint density at radius 3 is 2.35 bits per heavy atom. The van der Waals surface area contributed by atoms with Gasteiger partial charge in [0.05, 0.1) is 10.6 Å². The van der Waals surface area contributed by atoms with Crippen LogP contribution in [0.1, 0.15) is 18.4 Å². The summed E-state index contributed by atoms with van der Waals surface area (Å²) in [6, 6.07) is 20.0. The predicted octanol–water partition coefficient (Wildman–Crippen LogP) is 5.81. The summed E-state index contributed by atoms with van der Waals surface area (Å²) in [5, 5.41) is 9.17. The number of sulfonamides is 1. The molecule has 3 aromatic carbocycles. The molecule has 2 N–H and O–H groups in total. The number of carbonyl (C=O) groups is 1. The molecule has 0 amide bonds. The van der Waals surface area contributed by atoms with Gasteiger partial charge in [0.15, 0.2) is 0 Å². The topological polar surface area (TPSA) is 92.7 Å². The van der Waals surface area contributed by atoms with Crippen LogP contribution in [0.15, 0.2) is 83.8 Å². The van der Waals surface area contributed by atoms with Crippen molar-refractivity contribution in [3.05, 3.63) is 89.5 Å². The molecule has 3 rings (SSSR count). The molecule has 0 spiro atoms. The number of hydrogen-bond donors (Lipinski definition) is 2. The molecule has 0 saturated carbocycles. The van der Waals surface area contributed by atoms with Crippen LogP contribution >= 0.6 is 11.6 Å². The van der Waals surface area contributed by atoms with E-state index < -0.39 is 16.0 Å². The third-order valence-corrected chi connectivity index (χ3v) is 5.81. The molecule has 0 saturated heterocycles. The Bertz CT molecular complexity index is 1180. The van der Waals surface area contributed by atoms with Gasteiger partial charge in [-0.05, 0) is 66.6 Å². The Balaban J connectivity index is 1.76. The van der Waals surface area contributed by atoms with Crippen molar-refractivity contribution >= 4 is 39.4 Å². The highest BCUT2D eigenvalue weighted by molar-refractivity contribution is 7.92. The second kappa shape index (κ2) is 10.1. The van der Waals surface area contributed by atoms with E-state index in [1.165, 1.54) is 12.1 Å². The van der Waals surface area contributed by atoms with Crippen LogP contribution in [-0.4, -0.2) is 19.5 Å². The number of anilines is 1. The number of para-hydroxylation sites is 1. The van der Waals surface area contributed by atoms with Crippen molar-refractivity contribution in [2.45, 2.75) is 17.7 Å². The van der Waals surface area contributed by atoms with Crippen LogP contribution in [0.3, 0.4) is 0 Å². The van der Waals surface area contributed by atoms with Crippen LogP contribution < -0.4 is 9.46 Å². The van der Waals surface area contributed by atoms with Crippen LogP contribution in [0, 0.1) is 0 Å². The number of rotatable bonds is 9. The van der Waals surface area contributed by atoms with E-state index in [4.69, 9.17) is 21.4 Å². The minimum atomic E-state index is -3.86. The van der Waals surface area contributed by atoms with Crippen molar-refractivity contribution in [1.29, 1.82) is 0 Å². The molecule has 31 heavy (non-hydrogen) atoms. The zero-order valence-corrected chi connectivity index (χ0v) is 17.9. The van der Waals surface area contributed by atoms with Crippen LogP contribution in [0.4, 0.5) is 5.69 Å². The van der Waals surface area contributed by atoms with E-state index in [-0.39, 0.29) is 11.3 Å². The molecule has 0 fully saturated rings. The zero-order chi connectivity index (χ0) is 22.3. The average Bonchev–Trinajstić information content (AvgIpc) is 2.74. The lowest BCUT2D eigenvalue weighted by Gasteiger charge is -2.12. The highest BCUT2D eigenvalue weighted by atomic mass is 35.5. The average molecular weight is 458 g/mol. The Hall–Kier alpha value is -3.29. The molecule has 160 valence electrons. The Morgan fingerprint density at radius 2 is 1.68 bits per heavy atom. The monoisotopic (exact) mass is 457 g/mol. The van der Waals surface area contributed by atoms with Gasteiger partial charge in [0.25, 0.3) is 10.0 Å². The Morgan fingerprint density at radius 1 is 1.00 bits per heavy atom. The van der Waals surface area contributed by atoms with Gasteiger partial charge in [-0.1, -0.05) is 42.0 Å². The molecule has 6 nitrogen and oxygen atoms in total. The molecular weight excluding hydrogens is 438 g/mol. The number of allylic oxidation sites excluding steroid dienone is 1. The van der Waals surface area contributed by atoms with Crippen LogP contribution in [0.2, 0.25) is 5.02 Å². The SMILES string of the molecule is O=C(O)CCC=Cc1cc(Cl)ccc1NS(=O)(=O)c1ccc(Oc2ccccc2)cc1. The van der Waals surface area contributed by atoms with Gasteiger partial charge >= 0.3 is 5.97 Å². The van der Waals surface area contributed by atoms with Crippen LogP contribution in [0.25, 0.3) is 6.08 Å². The summed E-state index contributed by atoms with van der Waals surface area (Å²) < 4.78 is 33.9. The number of hydrogen-bond acceptors (Lipinski definition) is 4. The van der Waals surface area contributed by atoms with E-state index in [0.717, 1.165) is 0 Å². The molecule has 0 unspecified atom stereocenters. The van der Waals surface area contributed by atoms with Crippen molar-refractivity contribution < 1.29 is 23.1 Å². The van der Waals surface area contributed by atoms with Crippen molar-refractivity contribution in [2.75, 3.05) is 4.72 Å². The molecule has 0 radical (unpaired) electrons. The summed E-state index contributed by atoms with van der Waals surface area (Å²) in [5.41, 5.74) is 0.867. The van der Waals surface area contributed by atoms with Gasteiger partial charge in [0, 0.05) is 11.4 Å². The number of carboxylic acid groups (broad SMARTS) is 1. The molecular formula is C23H20ClNO5S. The van der Waals surface area contributed by atoms with Crippen molar-refractivity contribution in [3.63, 3.8) is 0 Å². The minimum absolute atomic E-state index is 0.0183. The number of ether oxygens (including phenoxy) is 1. The standard InChI is InChI=1S/C23H20ClNO5S/c24-18-10-15-22(17(16-18)6-4-5-9-23(26)27)25-31(28,29)21-13-11-20(12-14-21)30-19-7-2-1-3-8-19/h1-4,6-8,10-16,25H,5,9H2,(H,26,27). The van der Waals surface area contributed by atoms with Gasteiger partial charge in [-0.15, -0.1) is 0 Å². The van der Waals surface area contributed by atoms with Crippen molar-refractivity contribution in [3.8, 4) is 11.5 Å². The lowest BCUT2D eigenvalue weighted by atomic mass is 10.1. The second-order valence-corrected chi connectivity index (χ2v) is 8.68. The van der Waals surface area contributed by atoms with Gasteiger partial charge in [-0.3, -0.25) is 9.52 Å². The fourth-order valence-corrected chi connectivity index (χ4v) is 3.96. The molecule has 0 aliphatic carbocycles. The van der Waals surface area contributed by atoms with Crippen molar-refractivity contribution in [1.82, 2.24) is 0 Å². The highest BCUT2D eigenvalue weighted by Crippen LogP contribution is 2.27. The summed E-state index contributed by atoms with van der Waals surface area (Å²) in [6.07, 6.45) is 3.60. The lowest BCUT2D eigenvalue weighted by molar-refractivity contribution is -0.136. The number of nitrogens with one attached hydrogen (secondary N) is 1. The maximum atomic E-state index is 12.8. The van der Waals surface area contributed by atoms with Crippen LogP contribution in [-0.2, 0) is 14.8 Å². The molecule has 3 aromatic rings. The number of carboxylic acids is 1. The maximum absolute atomic E-state index is 12.8. The fraction of sp³-hybridized carbons (Fsp3) is 0.0870. The van der Waals surface area contributed by atoms with E-state index in [1.807, 2.05) is 18.2 Å². The first-order chi connectivity index (χ1) is 14.8. The van der Waals surface area contributed by atoms with Gasteiger partial charge < -0.3 is 9.84 Å². The second-order valence-electron chi connectivity index (χ2n) is 6.56. The molecule has 0 aliphatic rings. The van der Waals surface area contributed by atoms with Crippen LogP contribution in [0.5, 0.6) is 11.5 Å². The van der Waals surface area contributed by atoms with Gasteiger partial charge in [0.1, 0.15) is 11.5 Å². The maximum Gasteiger partial charge on any atom is 0.303 e. The zero-order valence-electron chi connectivity index (χ0n) is 16.4. The normalized spacial score (nSPS) is 11.4. The summed E-state index contributed by atoms with van der Waals surface area (Å²) >= 11 is 6.03. The van der Waals surface area contributed by atoms with Gasteiger partial charge in [-0.2, -0.15) is 0 Å². The Labute approximate surface area is 185 Å². The predicted molar refractivity (Wildman–Crippen MR) is 121 cm³/mol. The summed E-state index contributed by atoms with van der Waals surface area (Å²) in [7, 11) is -3.86. The van der Waals surface area contributed by atoms with E-state index in [1.54, 1.807) is 54.6 Å². The van der Waals surface area contributed by atoms with E-state index in [0.29, 0.717) is 34.2 Å². The van der Waals surface area contributed by atoms with E-state index >= 15 is 0 Å². The highest BCUT2D eigenvalue weighted by Gasteiger charge is 2.16.